The zero-order chi connectivity index (χ0) is 10.7. The predicted octanol–water partition coefficient (Wildman–Crippen LogP) is 1.16. The maximum absolute atomic E-state index is 12.1. The monoisotopic (exact) mass is 225 g/mol. The SMILES string of the molecule is COc1ccc(S(=O)C2CCNC2)cc1. The zero-order valence-electron chi connectivity index (χ0n) is 8.73. The van der Waals surface area contributed by atoms with E-state index in [1.807, 2.05) is 24.3 Å². The van der Waals surface area contributed by atoms with Crippen LogP contribution in [-0.2, 0) is 10.8 Å². The first kappa shape index (κ1) is 10.6. The Morgan fingerprint density at radius 2 is 2.13 bits per heavy atom. The van der Waals surface area contributed by atoms with Crippen molar-refractivity contribution < 1.29 is 8.95 Å². The van der Waals surface area contributed by atoms with Crippen LogP contribution in [0.15, 0.2) is 29.2 Å². The largest absolute Gasteiger partial charge is 0.497 e. The topological polar surface area (TPSA) is 38.3 Å². The van der Waals surface area contributed by atoms with Gasteiger partial charge in [-0.05, 0) is 37.2 Å². The van der Waals surface area contributed by atoms with Gasteiger partial charge in [-0.1, -0.05) is 0 Å². The molecule has 0 aromatic heterocycles. The van der Waals surface area contributed by atoms with Crippen LogP contribution >= 0.6 is 0 Å². The number of ether oxygens (including phenoxy) is 1. The lowest BCUT2D eigenvalue weighted by Gasteiger charge is -2.08. The normalized spacial score (nSPS) is 22.6. The van der Waals surface area contributed by atoms with E-state index >= 15 is 0 Å². The van der Waals surface area contributed by atoms with E-state index in [1.165, 1.54) is 0 Å². The van der Waals surface area contributed by atoms with Crippen LogP contribution in [0.3, 0.4) is 0 Å². The highest BCUT2D eigenvalue weighted by molar-refractivity contribution is 7.85. The van der Waals surface area contributed by atoms with Crippen molar-refractivity contribution in [3.63, 3.8) is 0 Å². The fourth-order valence-electron chi connectivity index (χ4n) is 1.71. The Labute approximate surface area is 92.3 Å². The molecule has 3 nitrogen and oxygen atoms in total. The predicted molar refractivity (Wildman–Crippen MR) is 60.7 cm³/mol. The number of hydrogen-bond acceptors (Lipinski definition) is 3. The molecule has 2 rings (SSSR count). The molecule has 0 saturated carbocycles. The molecule has 0 amide bonds. The van der Waals surface area contributed by atoms with Crippen LogP contribution in [0.1, 0.15) is 6.42 Å². The van der Waals surface area contributed by atoms with Crippen molar-refractivity contribution in [2.24, 2.45) is 0 Å². The first-order valence-electron chi connectivity index (χ1n) is 5.06. The summed E-state index contributed by atoms with van der Waals surface area (Å²) in [6.45, 7) is 1.84. The van der Waals surface area contributed by atoms with Crippen LogP contribution < -0.4 is 10.1 Å². The van der Waals surface area contributed by atoms with E-state index in [0.717, 1.165) is 30.2 Å². The molecular formula is C11H15NO2S. The van der Waals surface area contributed by atoms with Crippen molar-refractivity contribution in [3.8, 4) is 5.75 Å². The van der Waals surface area contributed by atoms with Crippen molar-refractivity contribution in [2.75, 3.05) is 20.2 Å². The standard InChI is InChI=1S/C11H15NO2S/c1-14-9-2-4-10(5-3-9)15(13)11-6-7-12-8-11/h2-5,11-12H,6-8H2,1H3. The fourth-order valence-corrected chi connectivity index (χ4v) is 3.10. The second-order valence-corrected chi connectivity index (χ2v) is 5.32. The summed E-state index contributed by atoms with van der Waals surface area (Å²) in [6, 6.07) is 7.48. The van der Waals surface area contributed by atoms with Crippen molar-refractivity contribution in [2.45, 2.75) is 16.6 Å². The molecule has 1 heterocycles. The Hall–Kier alpha value is -0.870. The average Bonchev–Trinajstić information content (AvgIpc) is 2.82. The molecule has 1 saturated heterocycles. The highest BCUT2D eigenvalue weighted by atomic mass is 32.2. The summed E-state index contributed by atoms with van der Waals surface area (Å²) < 4.78 is 17.1. The summed E-state index contributed by atoms with van der Waals surface area (Å²) in [7, 11) is 0.745. The van der Waals surface area contributed by atoms with Crippen molar-refractivity contribution in [3.05, 3.63) is 24.3 Å². The van der Waals surface area contributed by atoms with Gasteiger partial charge in [0.2, 0.25) is 0 Å². The summed E-state index contributed by atoms with van der Waals surface area (Å²) in [5.41, 5.74) is 0. The van der Waals surface area contributed by atoms with Crippen LogP contribution in [0.25, 0.3) is 0 Å². The van der Waals surface area contributed by atoms with E-state index < -0.39 is 10.8 Å². The van der Waals surface area contributed by atoms with Crippen molar-refractivity contribution >= 4 is 10.8 Å². The van der Waals surface area contributed by atoms with Crippen LogP contribution in [0.4, 0.5) is 0 Å². The van der Waals surface area contributed by atoms with Gasteiger partial charge < -0.3 is 10.1 Å². The first-order valence-corrected chi connectivity index (χ1v) is 6.28. The van der Waals surface area contributed by atoms with Crippen LogP contribution in [0, 0.1) is 0 Å². The summed E-state index contributed by atoms with van der Waals surface area (Å²) in [6.07, 6.45) is 0.999. The zero-order valence-corrected chi connectivity index (χ0v) is 9.55. The molecule has 4 heteroatoms. The molecular weight excluding hydrogens is 210 g/mol. The molecule has 82 valence electrons. The van der Waals surface area contributed by atoms with Crippen molar-refractivity contribution in [1.82, 2.24) is 5.32 Å². The number of methoxy groups -OCH3 is 1. The molecule has 2 unspecified atom stereocenters. The summed E-state index contributed by atoms with van der Waals surface area (Å²) in [4.78, 5) is 0.893. The second kappa shape index (κ2) is 4.77. The molecule has 1 aromatic rings. The molecule has 0 aliphatic carbocycles. The van der Waals surface area contributed by atoms with E-state index in [-0.39, 0.29) is 5.25 Å². The molecule has 2 atom stereocenters. The van der Waals surface area contributed by atoms with Gasteiger partial charge in [0.25, 0.3) is 0 Å². The van der Waals surface area contributed by atoms with Gasteiger partial charge in [-0.25, -0.2) is 0 Å². The second-order valence-electron chi connectivity index (χ2n) is 3.59. The van der Waals surface area contributed by atoms with Gasteiger partial charge in [-0.2, -0.15) is 0 Å². The van der Waals surface area contributed by atoms with Crippen LogP contribution in [-0.4, -0.2) is 29.7 Å². The van der Waals surface area contributed by atoms with Gasteiger partial charge in [-0.15, -0.1) is 0 Å². The Morgan fingerprint density at radius 3 is 2.67 bits per heavy atom. The molecule has 1 fully saturated rings. The highest BCUT2D eigenvalue weighted by Crippen LogP contribution is 2.19. The molecule has 1 N–H and O–H groups in total. The first-order chi connectivity index (χ1) is 7.31. The van der Waals surface area contributed by atoms with Gasteiger partial charge >= 0.3 is 0 Å². The lowest BCUT2D eigenvalue weighted by Crippen LogP contribution is -2.18. The molecule has 0 bridgehead atoms. The molecule has 15 heavy (non-hydrogen) atoms. The van der Waals surface area contributed by atoms with Gasteiger partial charge in [0.05, 0.1) is 23.2 Å². The van der Waals surface area contributed by atoms with Crippen LogP contribution in [0.2, 0.25) is 0 Å². The van der Waals surface area contributed by atoms with Crippen LogP contribution in [0.5, 0.6) is 5.75 Å². The number of rotatable bonds is 3. The Balaban J connectivity index is 2.11. The number of benzene rings is 1. The molecule has 1 aliphatic heterocycles. The maximum atomic E-state index is 12.1. The third-order valence-corrected chi connectivity index (χ3v) is 4.35. The van der Waals surface area contributed by atoms with Gasteiger partial charge in [0, 0.05) is 11.4 Å². The Bertz CT molecular complexity index is 344. The minimum atomic E-state index is -0.887. The van der Waals surface area contributed by atoms with E-state index in [2.05, 4.69) is 5.32 Å². The van der Waals surface area contributed by atoms with Crippen molar-refractivity contribution in [1.29, 1.82) is 0 Å². The maximum Gasteiger partial charge on any atom is 0.118 e. The van der Waals surface area contributed by atoms with Gasteiger partial charge in [0.1, 0.15) is 5.75 Å². The summed E-state index contributed by atoms with van der Waals surface area (Å²) >= 11 is 0. The summed E-state index contributed by atoms with van der Waals surface area (Å²) in [5, 5.41) is 3.49. The smallest absolute Gasteiger partial charge is 0.118 e. The summed E-state index contributed by atoms with van der Waals surface area (Å²) in [5.74, 6) is 0.806. The quantitative estimate of drug-likeness (QED) is 0.839. The lowest BCUT2D eigenvalue weighted by atomic mass is 10.3. The van der Waals surface area contributed by atoms with E-state index in [0.29, 0.717) is 0 Å². The van der Waals surface area contributed by atoms with Gasteiger partial charge in [-0.3, -0.25) is 4.21 Å². The molecule has 0 spiro atoms. The fraction of sp³-hybridized carbons (Fsp3) is 0.455. The Kier molecular flexibility index (Phi) is 3.38. The third-order valence-electron chi connectivity index (χ3n) is 2.61. The minimum Gasteiger partial charge on any atom is -0.497 e. The number of hydrogen-bond donors (Lipinski definition) is 1. The van der Waals surface area contributed by atoms with E-state index in [4.69, 9.17) is 4.74 Å². The highest BCUT2D eigenvalue weighted by Gasteiger charge is 2.22. The van der Waals surface area contributed by atoms with Gasteiger partial charge in [0.15, 0.2) is 0 Å². The van der Waals surface area contributed by atoms with E-state index in [9.17, 15) is 4.21 Å². The minimum absolute atomic E-state index is 0.262. The number of nitrogens with one attached hydrogen (secondary N) is 1. The van der Waals surface area contributed by atoms with E-state index in [1.54, 1.807) is 7.11 Å². The Morgan fingerprint density at radius 1 is 1.40 bits per heavy atom. The average molecular weight is 225 g/mol. The third kappa shape index (κ3) is 2.38. The molecule has 1 aliphatic rings. The molecule has 1 aromatic carbocycles. The molecule has 0 radical (unpaired) electrons. The lowest BCUT2D eigenvalue weighted by molar-refractivity contribution is 0.414.